The number of benzene rings is 1. The molecular weight excluding hydrogens is 270 g/mol. The van der Waals surface area contributed by atoms with Crippen molar-refractivity contribution in [3.8, 4) is 0 Å². The van der Waals surface area contributed by atoms with Crippen LogP contribution in [-0.2, 0) is 9.84 Å². The summed E-state index contributed by atoms with van der Waals surface area (Å²) in [5.74, 6) is 0.0816. The number of anilines is 1. The molecule has 1 rings (SSSR count). The second-order valence-corrected chi connectivity index (χ2v) is 8.09. The average Bonchev–Trinajstić information content (AvgIpc) is 2.13. The first-order valence-corrected chi connectivity index (χ1v) is 7.93. The molecule has 0 heterocycles. The van der Waals surface area contributed by atoms with Gasteiger partial charge in [0.1, 0.15) is 4.90 Å². The van der Waals surface area contributed by atoms with Crippen LogP contribution in [-0.4, -0.2) is 14.2 Å². The number of rotatable bonds is 4. The van der Waals surface area contributed by atoms with Gasteiger partial charge in [-0.05, 0) is 30.4 Å². The third-order valence-electron chi connectivity index (χ3n) is 2.65. The first-order valence-electron chi connectivity index (χ1n) is 5.90. The molecule has 2 N–H and O–H groups in total. The third kappa shape index (κ3) is 4.18. The van der Waals surface area contributed by atoms with Crippen molar-refractivity contribution in [1.82, 2.24) is 0 Å². The van der Waals surface area contributed by atoms with E-state index in [0.717, 1.165) is 6.42 Å². The molecule has 0 fully saturated rings. The Morgan fingerprint density at radius 2 is 1.89 bits per heavy atom. The van der Waals surface area contributed by atoms with Crippen molar-refractivity contribution >= 4 is 27.1 Å². The molecule has 0 bridgehead atoms. The van der Waals surface area contributed by atoms with Crippen LogP contribution >= 0.6 is 11.6 Å². The van der Waals surface area contributed by atoms with Gasteiger partial charge in [-0.15, -0.1) is 0 Å². The molecule has 0 aromatic heterocycles. The molecule has 102 valence electrons. The van der Waals surface area contributed by atoms with Crippen molar-refractivity contribution in [3.63, 3.8) is 0 Å². The second-order valence-electron chi connectivity index (χ2n) is 5.64. The summed E-state index contributed by atoms with van der Waals surface area (Å²) in [7, 11) is -3.40. The van der Waals surface area contributed by atoms with Crippen LogP contribution in [0, 0.1) is 5.41 Å². The van der Waals surface area contributed by atoms with Gasteiger partial charge in [0, 0.05) is 0 Å². The van der Waals surface area contributed by atoms with Gasteiger partial charge in [-0.1, -0.05) is 38.4 Å². The minimum absolute atomic E-state index is 0.0700. The SMILES string of the molecule is CC(C)(C)CCCS(=O)(=O)c1c(N)cccc1Cl. The lowest BCUT2D eigenvalue weighted by atomic mass is 9.91. The lowest BCUT2D eigenvalue weighted by molar-refractivity contribution is 0.373. The molecule has 0 amide bonds. The molecule has 0 atom stereocenters. The normalized spacial score (nSPS) is 12.7. The summed E-state index contributed by atoms with van der Waals surface area (Å²) in [5.41, 5.74) is 6.05. The van der Waals surface area contributed by atoms with E-state index in [1.807, 2.05) is 0 Å². The van der Waals surface area contributed by atoms with E-state index in [1.54, 1.807) is 18.2 Å². The lowest BCUT2D eigenvalue weighted by Gasteiger charge is -2.17. The highest BCUT2D eigenvalue weighted by atomic mass is 35.5. The van der Waals surface area contributed by atoms with Crippen molar-refractivity contribution in [2.24, 2.45) is 5.41 Å². The van der Waals surface area contributed by atoms with E-state index in [0.29, 0.717) is 6.42 Å². The Bertz CT molecular complexity index is 498. The first-order chi connectivity index (χ1) is 8.13. The van der Waals surface area contributed by atoms with Gasteiger partial charge in [0.05, 0.1) is 16.5 Å². The van der Waals surface area contributed by atoms with Gasteiger partial charge in [0.2, 0.25) is 0 Å². The van der Waals surface area contributed by atoms with E-state index < -0.39 is 9.84 Å². The summed E-state index contributed by atoms with van der Waals surface area (Å²) in [4.78, 5) is 0.0700. The third-order valence-corrected chi connectivity index (χ3v) is 4.98. The van der Waals surface area contributed by atoms with E-state index in [-0.39, 0.29) is 26.8 Å². The fourth-order valence-electron chi connectivity index (χ4n) is 1.75. The molecule has 0 spiro atoms. The summed E-state index contributed by atoms with van der Waals surface area (Å²) in [6.45, 7) is 6.26. The number of halogens is 1. The summed E-state index contributed by atoms with van der Waals surface area (Å²) in [5, 5.41) is 0.200. The topological polar surface area (TPSA) is 60.2 Å². The average molecular weight is 290 g/mol. The molecule has 0 radical (unpaired) electrons. The van der Waals surface area contributed by atoms with Gasteiger partial charge >= 0.3 is 0 Å². The van der Waals surface area contributed by atoms with Crippen molar-refractivity contribution in [1.29, 1.82) is 0 Å². The summed E-state index contributed by atoms with van der Waals surface area (Å²) in [6.07, 6.45) is 1.45. The molecule has 1 aromatic rings. The van der Waals surface area contributed by atoms with Gasteiger partial charge in [-0.2, -0.15) is 0 Å². The van der Waals surface area contributed by atoms with Crippen LogP contribution in [0.15, 0.2) is 23.1 Å². The number of nitrogens with two attached hydrogens (primary N) is 1. The Labute approximate surface area is 114 Å². The summed E-state index contributed by atoms with van der Waals surface area (Å²) in [6, 6.07) is 4.75. The van der Waals surface area contributed by atoms with Crippen molar-refractivity contribution < 1.29 is 8.42 Å². The zero-order valence-corrected chi connectivity index (χ0v) is 12.6. The minimum atomic E-state index is -3.40. The minimum Gasteiger partial charge on any atom is -0.398 e. The zero-order chi connectivity index (χ0) is 14.0. The Hall–Kier alpha value is -0.740. The molecule has 0 aliphatic rings. The molecule has 0 aliphatic carbocycles. The molecule has 3 nitrogen and oxygen atoms in total. The first kappa shape index (κ1) is 15.3. The monoisotopic (exact) mass is 289 g/mol. The van der Waals surface area contributed by atoms with Gasteiger partial charge in [0.25, 0.3) is 0 Å². The molecule has 1 aromatic carbocycles. The zero-order valence-electron chi connectivity index (χ0n) is 11.0. The molecule has 18 heavy (non-hydrogen) atoms. The maximum Gasteiger partial charge on any atom is 0.181 e. The van der Waals surface area contributed by atoms with Crippen LogP contribution in [0.3, 0.4) is 0 Å². The predicted molar refractivity (Wildman–Crippen MR) is 76.6 cm³/mol. The van der Waals surface area contributed by atoms with Crippen molar-refractivity contribution in [2.45, 2.75) is 38.5 Å². The fourth-order valence-corrected chi connectivity index (χ4v) is 3.80. The second kappa shape index (κ2) is 5.49. The number of sulfone groups is 1. The molecule has 0 saturated heterocycles. The predicted octanol–water partition coefficient (Wildman–Crippen LogP) is 3.52. The quantitative estimate of drug-likeness (QED) is 0.863. The van der Waals surface area contributed by atoms with E-state index in [9.17, 15) is 8.42 Å². The number of hydrogen-bond donors (Lipinski definition) is 1. The molecular formula is C13H20ClNO2S. The van der Waals surface area contributed by atoms with Crippen LogP contribution in [0.5, 0.6) is 0 Å². The van der Waals surface area contributed by atoms with Gasteiger partial charge in [-0.3, -0.25) is 0 Å². The van der Waals surface area contributed by atoms with E-state index in [2.05, 4.69) is 20.8 Å². The Balaban J connectivity index is 2.88. The van der Waals surface area contributed by atoms with E-state index in [4.69, 9.17) is 17.3 Å². The Morgan fingerprint density at radius 3 is 2.39 bits per heavy atom. The molecule has 0 aliphatic heterocycles. The highest BCUT2D eigenvalue weighted by Crippen LogP contribution is 2.29. The van der Waals surface area contributed by atoms with Crippen molar-refractivity contribution in [3.05, 3.63) is 23.2 Å². The number of hydrogen-bond acceptors (Lipinski definition) is 3. The Morgan fingerprint density at radius 1 is 1.28 bits per heavy atom. The maximum absolute atomic E-state index is 12.2. The van der Waals surface area contributed by atoms with E-state index >= 15 is 0 Å². The van der Waals surface area contributed by atoms with Crippen LogP contribution in [0.2, 0.25) is 5.02 Å². The molecule has 0 unspecified atom stereocenters. The largest absolute Gasteiger partial charge is 0.398 e. The lowest BCUT2D eigenvalue weighted by Crippen LogP contribution is -2.13. The highest BCUT2D eigenvalue weighted by Gasteiger charge is 2.22. The summed E-state index contributed by atoms with van der Waals surface area (Å²) >= 11 is 5.92. The maximum atomic E-state index is 12.2. The van der Waals surface area contributed by atoms with Gasteiger partial charge in [0.15, 0.2) is 9.84 Å². The molecule has 0 saturated carbocycles. The van der Waals surface area contributed by atoms with Gasteiger partial charge < -0.3 is 5.73 Å². The van der Waals surface area contributed by atoms with Crippen molar-refractivity contribution in [2.75, 3.05) is 11.5 Å². The Kier molecular flexibility index (Phi) is 4.67. The highest BCUT2D eigenvalue weighted by molar-refractivity contribution is 7.91. The van der Waals surface area contributed by atoms with Crippen LogP contribution in [0.1, 0.15) is 33.6 Å². The fraction of sp³-hybridized carbons (Fsp3) is 0.538. The molecule has 5 heteroatoms. The smallest absolute Gasteiger partial charge is 0.181 e. The van der Waals surface area contributed by atoms with Crippen LogP contribution < -0.4 is 5.73 Å². The number of nitrogen functional groups attached to an aromatic ring is 1. The van der Waals surface area contributed by atoms with Gasteiger partial charge in [-0.25, -0.2) is 8.42 Å². The van der Waals surface area contributed by atoms with Crippen LogP contribution in [0.25, 0.3) is 0 Å². The standard InChI is InChI=1S/C13H20ClNO2S/c1-13(2,3)8-5-9-18(16,17)12-10(14)6-4-7-11(12)15/h4,6-7H,5,8-9,15H2,1-3H3. The summed E-state index contributed by atoms with van der Waals surface area (Å²) < 4.78 is 24.4. The van der Waals surface area contributed by atoms with E-state index in [1.165, 1.54) is 0 Å². The van der Waals surface area contributed by atoms with Crippen LogP contribution in [0.4, 0.5) is 5.69 Å².